The number of amides is 2. The molecule has 3 atom stereocenters. The van der Waals surface area contributed by atoms with Crippen molar-refractivity contribution in [2.75, 3.05) is 45.7 Å². The van der Waals surface area contributed by atoms with Gasteiger partial charge in [-0.15, -0.1) is 0 Å². The van der Waals surface area contributed by atoms with Gasteiger partial charge in [0.15, 0.2) is 0 Å². The molecule has 0 saturated heterocycles. The third-order valence-electron chi connectivity index (χ3n) is 6.41. The molecule has 0 spiro atoms. The number of hydrogen-bond donors (Lipinski definition) is 1. The Balaban J connectivity index is 1.87. The van der Waals surface area contributed by atoms with Crippen molar-refractivity contribution >= 4 is 17.5 Å². The summed E-state index contributed by atoms with van der Waals surface area (Å²) in [5, 5.41) is 2.22. The molecule has 0 aromatic heterocycles. The lowest BCUT2D eigenvalue weighted by atomic mass is 10.0. The van der Waals surface area contributed by atoms with Crippen LogP contribution >= 0.6 is 0 Å². The summed E-state index contributed by atoms with van der Waals surface area (Å²) in [4.78, 5) is 29.0. The topological polar surface area (TPSA) is 71.1 Å². The Morgan fingerprint density at radius 3 is 2.56 bits per heavy atom. The molecule has 1 aliphatic carbocycles. The molecule has 1 aromatic rings. The van der Waals surface area contributed by atoms with E-state index in [4.69, 9.17) is 9.47 Å². The number of nitrogens with zero attached hydrogens (tertiary/aromatic N) is 2. The van der Waals surface area contributed by atoms with Crippen molar-refractivity contribution in [3.05, 3.63) is 23.8 Å². The largest absolute Gasteiger partial charge is 0.491 e. The van der Waals surface area contributed by atoms with Crippen molar-refractivity contribution in [2.24, 2.45) is 11.8 Å². The highest BCUT2D eigenvalue weighted by atomic mass is 19.4. The van der Waals surface area contributed by atoms with Gasteiger partial charge in [-0.2, -0.15) is 13.2 Å². The van der Waals surface area contributed by atoms with E-state index in [1.807, 2.05) is 0 Å². The van der Waals surface area contributed by atoms with Crippen LogP contribution in [0.15, 0.2) is 18.2 Å². The van der Waals surface area contributed by atoms with E-state index < -0.39 is 18.5 Å². The van der Waals surface area contributed by atoms with Gasteiger partial charge in [0.05, 0.1) is 11.7 Å². The number of rotatable bonds is 5. The SMILES string of the molecule is CO[C@@H]1CN(C)C(=O)c2cc(NC(=O)CC(F)(F)F)ccc2OC[C@H](C)N(CC2CC2)C[C@@H]1C. The summed E-state index contributed by atoms with van der Waals surface area (Å²) in [6.07, 6.45) is -3.95. The normalized spacial score (nSPS) is 25.1. The van der Waals surface area contributed by atoms with Crippen LogP contribution in [0, 0.1) is 11.8 Å². The first kappa shape index (κ1) is 26.3. The van der Waals surface area contributed by atoms with Crippen molar-refractivity contribution in [1.82, 2.24) is 9.80 Å². The molecule has 1 N–H and O–H groups in total. The van der Waals surface area contributed by atoms with Gasteiger partial charge in [-0.05, 0) is 49.8 Å². The van der Waals surface area contributed by atoms with Gasteiger partial charge < -0.3 is 19.7 Å². The zero-order valence-electron chi connectivity index (χ0n) is 20.2. The number of alkyl halides is 3. The Bertz CT molecular complexity index is 876. The van der Waals surface area contributed by atoms with Crippen molar-refractivity contribution in [3.8, 4) is 5.75 Å². The molecule has 1 fully saturated rings. The lowest BCUT2D eigenvalue weighted by Gasteiger charge is -2.36. The zero-order chi connectivity index (χ0) is 25.0. The average Bonchev–Trinajstić information content (AvgIpc) is 3.57. The van der Waals surface area contributed by atoms with E-state index in [0.29, 0.717) is 24.8 Å². The summed E-state index contributed by atoms with van der Waals surface area (Å²) in [7, 11) is 3.28. The first-order valence-electron chi connectivity index (χ1n) is 11.6. The Morgan fingerprint density at radius 2 is 1.94 bits per heavy atom. The minimum absolute atomic E-state index is 0.0897. The molecular weight excluding hydrogens is 451 g/mol. The van der Waals surface area contributed by atoms with Crippen molar-refractivity contribution in [3.63, 3.8) is 0 Å². The van der Waals surface area contributed by atoms with Crippen LogP contribution in [0.25, 0.3) is 0 Å². The van der Waals surface area contributed by atoms with Gasteiger partial charge in [0, 0.05) is 45.5 Å². The van der Waals surface area contributed by atoms with Crippen LogP contribution in [-0.4, -0.2) is 80.3 Å². The molecule has 0 unspecified atom stereocenters. The zero-order valence-corrected chi connectivity index (χ0v) is 20.2. The molecule has 1 heterocycles. The summed E-state index contributed by atoms with van der Waals surface area (Å²) in [5.74, 6) is -0.373. The molecule has 2 aliphatic rings. The number of carbonyl (C=O) groups is 2. The number of likely N-dealkylation sites (N-methyl/N-ethyl adjacent to an activating group) is 1. The predicted molar refractivity (Wildman–Crippen MR) is 122 cm³/mol. The summed E-state index contributed by atoms with van der Waals surface area (Å²) < 4.78 is 49.4. The maximum absolute atomic E-state index is 13.3. The van der Waals surface area contributed by atoms with Crippen molar-refractivity contribution in [2.45, 2.75) is 51.4 Å². The highest BCUT2D eigenvalue weighted by Crippen LogP contribution is 2.32. The molecule has 7 nitrogen and oxygen atoms in total. The average molecular weight is 486 g/mol. The quantitative estimate of drug-likeness (QED) is 0.687. The van der Waals surface area contributed by atoms with E-state index >= 15 is 0 Å². The minimum atomic E-state index is -4.62. The predicted octanol–water partition coefficient (Wildman–Crippen LogP) is 3.79. The van der Waals surface area contributed by atoms with E-state index in [1.165, 1.54) is 35.9 Å². The first-order chi connectivity index (χ1) is 16.0. The molecule has 1 saturated carbocycles. The number of benzene rings is 1. The molecule has 10 heteroatoms. The number of carbonyl (C=O) groups excluding carboxylic acids is 2. The molecule has 3 rings (SSSR count). The maximum atomic E-state index is 13.3. The summed E-state index contributed by atoms with van der Waals surface area (Å²) in [6.45, 7) is 6.68. The Morgan fingerprint density at radius 1 is 1.24 bits per heavy atom. The van der Waals surface area contributed by atoms with E-state index in [0.717, 1.165) is 13.1 Å². The number of hydrogen-bond acceptors (Lipinski definition) is 5. The van der Waals surface area contributed by atoms with Crippen LogP contribution in [-0.2, 0) is 9.53 Å². The molecule has 34 heavy (non-hydrogen) atoms. The first-order valence-corrected chi connectivity index (χ1v) is 11.6. The number of fused-ring (bicyclic) bond motifs is 1. The third kappa shape index (κ3) is 7.33. The van der Waals surface area contributed by atoms with Crippen LogP contribution in [0.5, 0.6) is 5.75 Å². The fourth-order valence-electron chi connectivity index (χ4n) is 4.20. The molecule has 2 amide bonds. The second-order valence-corrected chi connectivity index (χ2v) is 9.55. The second-order valence-electron chi connectivity index (χ2n) is 9.55. The summed E-state index contributed by atoms with van der Waals surface area (Å²) >= 11 is 0. The van der Waals surface area contributed by atoms with Crippen LogP contribution < -0.4 is 10.1 Å². The Hall–Kier alpha value is -2.33. The van der Waals surface area contributed by atoms with E-state index in [-0.39, 0.29) is 35.2 Å². The fourth-order valence-corrected chi connectivity index (χ4v) is 4.20. The number of methoxy groups -OCH3 is 1. The van der Waals surface area contributed by atoms with Gasteiger partial charge in [-0.25, -0.2) is 0 Å². The molecule has 190 valence electrons. The maximum Gasteiger partial charge on any atom is 0.397 e. The van der Waals surface area contributed by atoms with E-state index in [9.17, 15) is 22.8 Å². The van der Waals surface area contributed by atoms with E-state index in [1.54, 1.807) is 14.2 Å². The van der Waals surface area contributed by atoms with Crippen LogP contribution in [0.4, 0.5) is 18.9 Å². The van der Waals surface area contributed by atoms with Gasteiger partial charge in [0.2, 0.25) is 5.91 Å². The Kier molecular flexibility index (Phi) is 8.46. The second kappa shape index (κ2) is 10.9. The number of anilines is 1. The Labute approximate surface area is 198 Å². The fraction of sp³-hybridized carbons (Fsp3) is 0.667. The standard InChI is InChI=1S/C24H34F3N3O4/c1-15-11-30(12-17-5-6-17)16(2)14-34-20-8-7-18(28-22(31)10-24(25,26)27)9-19(20)23(32)29(3)13-21(15)33-4/h7-9,15-17,21H,5-6,10-14H2,1-4H3,(H,28,31)/t15-,16-,21+/m0/s1. The molecule has 1 aliphatic heterocycles. The number of nitrogens with one attached hydrogen (secondary N) is 1. The lowest BCUT2D eigenvalue weighted by Crippen LogP contribution is -2.47. The van der Waals surface area contributed by atoms with Gasteiger partial charge in [-0.1, -0.05) is 6.92 Å². The highest BCUT2D eigenvalue weighted by molar-refractivity contribution is 5.99. The molecular formula is C24H34F3N3O4. The summed E-state index contributed by atoms with van der Waals surface area (Å²) in [6, 6.07) is 4.42. The highest BCUT2D eigenvalue weighted by Gasteiger charge is 2.33. The van der Waals surface area contributed by atoms with Crippen LogP contribution in [0.1, 0.15) is 43.5 Å². The van der Waals surface area contributed by atoms with Gasteiger partial charge in [0.1, 0.15) is 18.8 Å². The smallest absolute Gasteiger partial charge is 0.397 e. The van der Waals surface area contributed by atoms with Crippen LogP contribution in [0.2, 0.25) is 0 Å². The van der Waals surface area contributed by atoms with Crippen molar-refractivity contribution < 1.29 is 32.2 Å². The van der Waals surface area contributed by atoms with Gasteiger partial charge in [-0.3, -0.25) is 14.5 Å². The summed E-state index contributed by atoms with van der Waals surface area (Å²) in [5.41, 5.74) is 0.279. The third-order valence-corrected chi connectivity index (χ3v) is 6.41. The molecule has 0 bridgehead atoms. The number of halogens is 3. The molecule has 0 radical (unpaired) electrons. The minimum Gasteiger partial charge on any atom is -0.491 e. The van der Waals surface area contributed by atoms with Crippen molar-refractivity contribution in [1.29, 1.82) is 0 Å². The van der Waals surface area contributed by atoms with Gasteiger partial charge >= 0.3 is 6.18 Å². The lowest BCUT2D eigenvalue weighted by molar-refractivity contribution is -0.150. The van der Waals surface area contributed by atoms with Crippen LogP contribution in [0.3, 0.4) is 0 Å². The van der Waals surface area contributed by atoms with E-state index in [2.05, 4.69) is 24.1 Å². The molecule has 1 aromatic carbocycles. The monoisotopic (exact) mass is 485 g/mol. The van der Waals surface area contributed by atoms with Gasteiger partial charge in [0.25, 0.3) is 5.91 Å². The number of ether oxygens (including phenoxy) is 2.